The van der Waals surface area contributed by atoms with E-state index in [0.29, 0.717) is 5.57 Å². The van der Waals surface area contributed by atoms with Crippen molar-refractivity contribution in [2.75, 3.05) is 19.3 Å². The number of nitrogens with zero attached hydrogens (tertiary/aromatic N) is 1. The van der Waals surface area contributed by atoms with Gasteiger partial charge in [0.05, 0.1) is 10.6 Å². The molecule has 0 amide bonds. The number of hydrogen-bond donors (Lipinski definition) is 0. The van der Waals surface area contributed by atoms with Crippen LogP contribution in [0.3, 0.4) is 0 Å². The quantitative estimate of drug-likeness (QED) is 0.397. The highest BCUT2D eigenvalue weighted by molar-refractivity contribution is 8.02. The molecule has 0 bridgehead atoms. The minimum atomic E-state index is -0.154. The molecule has 3 nitrogen and oxygen atoms in total. The summed E-state index contributed by atoms with van der Waals surface area (Å²) in [7, 11) is 0. The van der Waals surface area contributed by atoms with Crippen LogP contribution in [0.4, 0.5) is 0 Å². The average Bonchev–Trinajstić information content (AvgIpc) is 2.16. The third kappa shape index (κ3) is 3.70. The molecule has 0 fully saturated rings. The van der Waals surface area contributed by atoms with E-state index in [-0.39, 0.29) is 11.6 Å². The van der Waals surface area contributed by atoms with Gasteiger partial charge in [0.1, 0.15) is 0 Å². The van der Waals surface area contributed by atoms with Crippen molar-refractivity contribution in [2.45, 2.75) is 27.7 Å². The standard InChI is InChI=1S/C11H19NO2S/c1-6-12(7-2)11(15-5)10(8(3)13)9(4)14/h6-7H2,1-5H3. The Bertz CT molecular complexity index is 264. The summed E-state index contributed by atoms with van der Waals surface area (Å²) in [5.41, 5.74) is 0.325. The normalized spacial score (nSPS) is 9.67. The number of thioether (sulfide) groups is 1. The smallest absolute Gasteiger partial charge is 0.166 e. The molecule has 0 aromatic heterocycles. The van der Waals surface area contributed by atoms with E-state index < -0.39 is 0 Å². The fourth-order valence-corrected chi connectivity index (χ4v) is 2.46. The first kappa shape index (κ1) is 14.2. The molecule has 0 aliphatic heterocycles. The summed E-state index contributed by atoms with van der Waals surface area (Å²) in [6.45, 7) is 8.51. The summed E-state index contributed by atoms with van der Waals surface area (Å²) in [5, 5.41) is 0.792. The average molecular weight is 229 g/mol. The second-order valence-electron chi connectivity index (χ2n) is 3.17. The predicted octanol–water partition coefficient (Wildman–Crippen LogP) is 2.08. The van der Waals surface area contributed by atoms with Crippen LogP contribution in [0.5, 0.6) is 0 Å². The Morgan fingerprint density at radius 3 is 1.67 bits per heavy atom. The maximum Gasteiger partial charge on any atom is 0.166 e. The van der Waals surface area contributed by atoms with E-state index in [4.69, 9.17) is 0 Å². The highest BCUT2D eigenvalue weighted by Crippen LogP contribution is 2.22. The van der Waals surface area contributed by atoms with Crippen molar-refractivity contribution in [2.24, 2.45) is 0 Å². The molecule has 4 heteroatoms. The van der Waals surface area contributed by atoms with E-state index in [1.807, 2.05) is 25.0 Å². The number of rotatable bonds is 6. The second-order valence-corrected chi connectivity index (χ2v) is 3.96. The van der Waals surface area contributed by atoms with E-state index >= 15 is 0 Å². The van der Waals surface area contributed by atoms with Crippen LogP contribution in [-0.2, 0) is 9.59 Å². The Balaban J connectivity index is 5.40. The van der Waals surface area contributed by atoms with E-state index in [0.717, 1.165) is 18.1 Å². The van der Waals surface area contributed by atoms with E-state index in [2.05, 4.69) is 0 Å². The van der Waals surface area contributed by atoms with Gasteiger partial charge in [-0.2, -0.15) is 0 Å². The van der Waals surface area contributed by atoms with Crippen molar-refractivity contribution in [1.82, 2.24) is 4.90 Å². The van der Waals surface area contributed by atoms with Crippen molar-refractivity contribution in [1.29, 1.82) is 0 Å². The molecule has 0 rings (SSSR count). The second kappa shape index (κ2) is 6.67. The zero-order valence-corrected chi connectivity index (χ0v) is 10.9. The van der Waals surface area contributed by atoms with Crippen LogP contribution >= 0.6 is 11.8 Å². The zero-order valence-electron chi connectivity index (χ0n) is 10.1. The molecule has 0 aromatic rings. The molecule has 0 aliphatic rings. The SMILES string of the molecule is CCN(CC)C(SC)=C(C(C)=O)C(C)=O. The molecule has 86 valence electrons. The molecule has 15 heavy (non-hydrogen) atoms. The molecule has 0 spiro atoms. The largest absolute Gasteiger partial charge is 0.366 e. The highest BCUT2D eigenvalue weighted by atomic mass is 32.2. The summed E-state index contributed by atoms with van der Waals surface area (Å²) in [6.07, 6.45) is 1.89. The zero-order chi connectivity index (χ0) is 12.0. The molecule has 0 heterocycles. The highest BCUT2D eigenvalue weighted by Gasteiger charge is 2.19. The van der Waals surface area contributed by atoms with Gasteiger partial charge in [0.2, 0.25) is 0 Å². The van der Waals surface area contributed by atoms with Gasteiger partial charge in [-0.25, -0.2) is 0 Å². The van der Waals surface area contributed by atoms with Crippen molar-refractivity contribution < 1.29 is 9.59 Å². The van der Waals surface area contributed by atoms with Crippen LogP contribution in [-0.4, -0.2) is 35.8 Å². The lowest BCUT2D eigenvalue weighted by molar-refractivity contribution is -0.119. The van der Waals surface area contributed by atoms with Crippen molar-refractivity contribution in [3.63, 3.8) is 0 Å². The Morgan fingerprint density at radius 2 is 1.47 bits per heavy atom. The van der Waals surface area contributed by atoms with Gasteiger partial charge < -0.3 is 4.90 Å². The first-order valence-electron chi connectivity index (χ1n) is 5.04. The lowest BCUT2D eigenvalue weighted by Crippen LogP contribution is -2.25. The van der Waals surface area contributed by atoms with Gasteiger partial charge in [0.15, 0.2) is 11.6 Å². The van der Waals surface area contributed by atoms with Crippen LogP contribution < -0.4 is 0 Å². The maximum absolute atomic E-state index is 11.4. The number of carbonyl (C=O) groups excluding carboxylic acids is 2. The van der Waals surface area contributed by atoms with Crippen LogP contribution in [0, 0.1) is 0 Å². The summed E-state index contributed by atoms with van der Waals surface area (Å²) >= 11 is 1.46. The molecule has 0 unspecified atom stereocenters. The maximum atomic E-state index is 11.4. The van der Waals surface area contributed by atoms with Crippen LogP contribution in [0.1, 0.15) is 27.7 Å². The van der Waals surface area contributed by atoms with Gasteiger partial charge in [-0.1, -0.05) is 0 Å². The Labute approximate surface area is 95.9 Å². The van der Waals surface area contributed by atoms with Crippen LogP contribution in [0.25, 0.3) is 0 Å². The van der Waals surface area contributed by atoms with Crippen LogP contribution in [0.15, 0.2) is 10.6 Å². The monoisotopic (exact) mass is 229 g/mol. The molecular weight excluding hydrogens is 210 g/mol. The van der Waals surface area contributed by atoms with E-state index in [1.54, 1.807) is 0 Å². The number of ketones is 2. The Kier molecular flexibility index (Phi) is 6.32. The van der Waals surface area contributed by atoms with Gasteiger partial charge in [0, 0.05) is 13.1 Å². The molecular formula is C11H19NO2S. The summed E-state index contributed by atoms with van der Waals surface area (Å²) in [5.74, 6) is -0.308. The topological polar surface area (TPSA) is 37.4 Å². The summed E-state index contributed by atoms with van der Waals surface area (Å²) < 4.78 is 0. The van der Waals surface area contributed by atoms with Crippen LogP contribution in [0.2, 0.25) is 0 Å². The molecule has 0 aliphatic carbocycles. The third-order valence-electron chi connectivity index (χ3n) is 2.16. The lowest BCUT2D eigenvalue weighted by atomic mass is 10.1. The van der Waals surface area contributed by atoms with Crippen molar-refractivity contribution in [3.05, 3.63) is 10.6 Å². The number of hydrogen-bond acceptors (Lipinski definition) is 4. The fraction of sp³-hybridized carbons (Fsp3) is 0.636. The molecule has 0 saturated heterocycles. The summed E-state index contributed by atoms with van der Waals surface area (Å²) in [6, 6.07) is 0. The number of Topliss-reactive ketones (excluding diaryl/α,β-unsaturated/α-hetero) is 2. The molecule has 0 atom stereocenters. The van der Waals surface area contributed by atoms with E-state index in [1.165, 1.54) is 25.6 Å². The lowest BCUT2D eigenvalue weighted by Gasteiger charge is -2.24. The fourth-order valence-electron chi connectivity index (χ4n) is 1.45. The minimum absolute atomic E-state index is 0.154. The minimum Gasteiger partial charge on any atom is -0.366 e. The van der Waals surface area contributed by atoms with Crippen molar-refractivity contribution in [3.8, 4) is 0 Å². The predicted molar refractivity (Wildman–Crippen MR) is 64.8 cm³/mol. The Hall–Kier alpha value is -0.770. The molecule has 0 aromatic carbocycles. The number of carbonyl (C=O) groups is 2. The van der Waals surface area contributed by atoms with Gasteiger partial charge in [-0.3, -0.25) is 9.59 Å². The van der Waals surface area contributed by atoms with Gasteiger partial charge >= 0.3 is 0 Å². The van der Waals surface area contributed by atoms with E-state index in [9.17, 15) is 9.59 Å². The first-order chi connectivity index (χ1) is 6.99. The van der Waals surface area contributed by atoms with Crippen molar-refractivity contribution >= 4 is 23.3 Å². The molecule has 0 N–H and O–H groups in total. The molecule has 0 radical (unpaired) electrons. The van der Waals surface area contributed by atoms with Gasteiger partial charge in [-0.15, -0.1) is 11.8 Å². The van der Waals surface area contributed by atoms with Gasteiger partial charge in [-0.05, 0) is 34.0 Å². The molecule has 0 saturated carbocycles. The third-order valence-corrected chi connectivity index (χ3v) is 3.01. The number of allylic oxidation sites excluding steroid dienone is 1. The van der Waals surface area contributed by atoms with Gasteiger partial charge in [0.25, 0.3) is 0 Å². The Morgan fingerprint density at radius 1 is 1.07 bits per heavy atom. The summed E-state index contributed by atoms with van der Waals surface area (Å²) in [4.78, 5) is 24.8. The first-order valence-corrected chi connectivity index (χ1v) is 6.27.